The average Bonchev–Trinajstić information content (AvgIpc) is 2.73. The monoisotopic (exact) mass is 399 g/mol. The predicted octanol–water partition coefficient (Wildman–Crippen LogP) is 4.86. The number of hydrogen-bond acceptors (Lipinski definition) is 2. The lowest BCUT2D eigenvalue weighted by Crippen LogP contribution is -2.31. The summed E-state index contributed by atoms with van der Waals surface area (Å²) in [4.78, 5) is 24.2. The van der Waals surface area contributed by atoms with Crippen LogP contribution in [-0.2, 0) is 17.9 Å². The van der Waals surface area contributed by atoms with E-state index in [2.05, 4.69) is 16.0 Å². The van der Waals surface area contributed by atoms with Crippen LogP contribution in [0.4, 0.5) is 10.5 Å². The van der Waals surface area contributed by atoms with Crippen molar-refractivity contribution in [3.63, 3.8) is 0 Å². The third-order valence-electron chi connectivity index (χ3n) is 5.02. The minimum atomic E-state index is -0.270. The second-order valence-corrected chi connectivity index (χ2v) is 7.62. The summed E-state index contributed by atoms with van der Waals surface area (Å²) in [7, 11) is 0. The molecular weight excluding hydrogens is 374 g/mol. The highest BCUT2D eigenvalue weighted by Gasteiger charge is 2.20. The van der Waals surface area contributed by atoms with Crippen molar-refractivity contribution in [1.29, 1.82) is 0 Å². The first-order valence-electron chi connectivity index (χ1n) is 9.76. The molecule has 1 aliphatic rings. The van der Waals surface area contributed by atoms with Crippen LogP contribution in [0.3, 0.4) is 0 Å². The molecule has 0 saturated heterocycles. The smallest absolute Gasteiger partial charge is 0.319 e. The molecule has 0 heterocycles. The number of halogens is 1. The fourth-order valence-electron chi connectivity index (χ4n) is 3.36. The van der Waals surface area contributed by atoms with Crippen LogP contribution in [0, 0.1) is 5.92 Å². The van der Waals surface area contributed by atoms with Gasteiger partial charge in [-0.15, -0.1) is 0 Å². The summed E-state index contributed by atoms with van der Waals surface area (Å²) in [5, 5.41) is 9.30. The van der Waals surface area contributed by atoms with Gasteiger partial charge in [-0.1, -0.05) is 55.1 Å². The normalized spacial score (nSPS) is 14.3. The van der Waals surface area contributed by atoms with E-state index in [-0.39, 0.29) is 17.9 Å². The summed E-state index contributed by atoms with van der Waals surface area (Å²) in [5.74, 6) is 0.322. The van der Waals surface area contributed by atoms with Crippen molar-refractivity contribution in [3.05, 3.63) is 64.7 Å². The molecule has 1 aliphatic carbocycles. The quantitative estimate of drug-likeness (QED) is 0.649. The summed E-state index contributed by atoms with van der Waals surface area (Å²) in [6.45, 7) is 0.937. The van der Waals surface area contributed by atoms with Gasteiger partial charge in [0.15, 0.2) is 0 Å². The summed E-state index contributed by atoms with van der Waals surface area (Å²) >= 11 is 5.85. The van der Waals surface area contributed by atoms with Gasteiger partial charge >= 0.3 is 6.03 Å². The maximum Gasteiger partial charge on any atom is 0.319 e. The molecule has 0 bridgehead atoms. The number of nitrogens with one attached hydrogen (secondary N) is 3. The predicted molar refractivity (Wildman–Crippen MR) is 112 cm³/mol. The van der Waals surface area contributed by atoms with Crippen LogP contribution in [0.25, 0.3) is 0 Å². The minimum Gasteiger partial charge on any atom is -0.352 e. The molecule has 0 radical (unpaired) electrons. The SMILES string of the molecule is O=C(NCc1ccc(Cl)cc1)Nc1ccc(CNC(=O)C2CCCCC2)cc1. The van der Waals surface area contributed by atoms with Crippen molar-refractivity contribution < 1.29 is 9.59 Å². The highest BCUT2D eigenvalue weighted by atomic mass is 35.5. The largest absolute Gasteiger partial charge is 0.352 e. The zero-order chi connectivity index (χ0) is 19.8. The van der Waals surface area contributed by atoms with Gasteiger partial charge < -0.3 is 16.0 Å². The van der Waals surface area contributed by atoms with E-state index >= 15 is 0 Å². The molecule has 0 spiro atoms. The third kappa shape index (κ3) is 6.27. The summed E-state index contributed by atoms with van der Waals surface area (Å²) in [6, 6.07) is 14.6. The summed E-state index contributed by atoms with van der Waals surface area (Å²) in [5.41, 5.74) is 2.69. The maximum absolute atomic E-state index is 12.2. The molecule has 5 nitrogen and oxygen atoms in total. The molecule has 0 aliphatic heterocycles. The molecule has 1 fully saturated rings. The molecule has 3 rings (SSSR count). The summed E-state index contributed by atoms with van der Waals surface area (Å²) < 4.78 is 0. The van der Waals surface area contributed by atoms with E-state index in [1.165, 1.54) is 6.42 Å². The van der Waals surface area contributed by atoms with Crippen LogP contribution >= 0.6 is 11.6 Å². The summed E-state index contributed by atoms with van der Waals surface area (Å²) in [6.07, 6.45) is 5.54. The van der Waals surface area contributed by atoms with Crippen molar-refractivity contribution in [2.75, 3.05) is 5.32 Å². The van der Waals surface area contributed by atoms with Crippen LogP contribution in [0.1, 0.15) is 43.2 Å². The first-order valence-corrected chi connectivity index (χ1v) is 10.1. The van der Waals surface area contributed by atoms with Gasteiger partial charge in [-0.3, -0.25) is 4.79 Å². The Morgan fingerprint density at radius 1 is 0.821 bits per heavy atom. The molecule has 0 unspecified atom stereocenters. The third-order valence-corrected chi connectivity index (χ3v) is 5.27. The lowest BCUT2D eigenvalue weighted by atomic mass is 9.88. The van der Waals surface area contributed by atoms with E-state index in [9.17, 15) is 9.59 Å². The van der Waals surface area contributed by atoms with Gasteiger partial charge in [0.25, 0.3) is 0 Å². The van der Waals surface area contributed by atoms with Crippen molar-refractivity contribution >= 4 is 29.2 Å². The number of amides is 3. The van der Waals surface area contributed by atoms with Crippen LogP contribution in [0.5, 0.6) is 0 Å². The van der Waals surface area contributed by atoms with E-state index in [1.54, 1.807) is 12.1 Å². The second-order valence-electron chi connectivity index (χ2n) is 7.18. The highest BCUT2D eigenvalue weighted by molar-refractivity contribution is 6.30. The minimum absolute atomic E-state index is 0.156. The highest BCUT2D eigenvalue weighted by Crippen LogP contribution is 2.23. The number of carbonyl (C=O) groups is 2. The van der Waals surface area contributed by atoms with Crippen molar-refractivity contribution in [2.45, 2.75) is 45.2 Å². The van der Waals surface area contributed by atoms with E-state index in [1.807, 2.05) is 36.4 Å². The number of benzene rings is 2. The molecule has 0 aromatic heterocycles. The number of hydrogen-bond donors (Lipinski definition) is 3. The van der Waals surface area contributed by atoms with Gasteiger partial charge in [-0.25, -0.2) is 4.79 Å². The Morgan fingerprint density at radius 2 is 1.39 bits per heavy atom. The zero-order valence-corrected chi connectivity index (χ0v) is 16.6. The van der Waals surface area contributed by atoms with Gasteiger partial charge in [0, 0.05) is 29.7 Å². The molecule has 148 valence electrons. The first-order chi connectivity index (χ1) is 13.6. The molecule has 2 aromatic carbocycles. The number of anilines is 1. The van der Waals surface area contributed by atoms with E-state index in [0.29, 0.717) is 23.8 Å². The Kier molecular flexibility index (Phi) is 7.31. The van der Waals surface area contributed by atoms with Crippen LogP contribution < -0.4 is 16.0 Å². The van der Waals surface area contributed by atoms with Crippen LogP contribution in [0.2, 0.25) is 5.02 Å². The Morgan fingerprint density at radius 3 is 2.04 bits per heavy atom. The molecule has 2 aromatic rings. The van der Waals surface area contributed by atoms with Gasteiger partial charge in [0.1, 0.15) is 0 Å². The first kappa shape index (κ1) is 20.2. The zero-order valence-electron chi connectivity index (χ0n) is 15.8. The van der Waals surface area contributed by atoms with E-state index in [0.717, 1.165) is 36.8 Å². The number of urea groups is 1. The average molecular weight is 400 g/mol. The van der Waals surface area contributed by atoms with Crippen molar-refractivity contribution in [3.8, 4) is 0 Å². The lowest BCUT2D eigenvalue weighted by Gasteiger charge is -2.20. The van der Waals surface area contributed by atoms with Crippen LogP contribution in [0.15, 0.2) is 48.5 Å². The van der Waals surface area contributed by atoms with Crippen molar-refractivity contribution in [2.24, 2.45) is 5.92 Å². The lowest BCUT2D eigenvalue weighted by molar-refractivity contribution is -0.126. The van der Waals surface area contributed by atoms with Gasteiger partial charge in [-0.2, -0.15) is 0 Å². The maximum atomic E-state index is 12.2. The molecule has 6 heteroatoms. The topological polar surface area (TPSA) is 70.2 Å². The Hall–Kier alpha value is -2.53. The molecule has 3 amide bonds. The molecule has 1 saturated carbocycles. The second kappa shape index (κ2) is 10.1. The number of carbonyl (C=O) groups excluding carboxylic acids is 2. The van der Waals surface area contributed by atoms with E-state index < -0.39 is 0 Å². The fourth-order valence-corrected chi connectivity index (χ4v) is 3.49. The number of rotatable bonds is 6. The van der Waals surface area contributed by atoms with Gasteiger partial charge in [0.05, 0.1) is 0 Å². The van der Waals surface area contributed by atoms with Gasteiger partial charge in [0.2, 0.25) is 5.91 Å². The Labute approximate surface area is 170 Å². The molecular formula is C22H26ClN3O2. The standard InChI is InChI=1S/C22H26ClN3O2/c23-19-10-6-16(7-11-19)15-25-22(28)26-20-12-8-17(9-13-20)14-24-21(27)18-4-2-1-3-5-18/h6-13,18H,1-5,14-15H2,(H,24,27)(H2,25,26,28). The van der Waals surface area contributed by atoms with Crippen LogP contribution in [-0.4, -0.2) is 11.9 Å². The Balaban J connectivity index is 1.41. The Bertz CT molecular complexity index is 784. The van der Waals surface area contributed by atoms with Crippen molar-refractivity contribution in [1.82, 2.24) is 10.6 Å². The molecule has 3 N–H and O–H groups in total. The van der Waals surface area contributed by atoms with E-state index in [4.69, 9.17) is 11.6 Å². The molecule has 28 heavy (non-hydrogen) atoms. The fraction of sp³-hybridized carbons (Fsp3) is 0.364. The van der Waals surface area contributed by atoms with Gasteiger partial charge in [-0.05, 0) is 48.2 Å². The molecule has 0 atom stereocenters.